The van der Waals surface area contributed by atoms with E-state index in [1.54, 1.807) is 30.3 Å². The highest BCUT2D eigenvalue weighted by Gasteiger charge is 2.30. The van der Waals surface area contributed by atoms with Crippen molar-refractivity contribution < 1.29 is 18.2 Å². The molecule has 5 nitrogen and oxygen atoms in total. The topological polar surface area (TPSA) is 66.5 Å². The Morgan fingerprint density at radius 3 is 2.55 bits per heavy atom. The van der Waals surface area contributed by atoms with Crippen LogP contribution >= 0.6 is 0 Å². The van der Waals surface area contributed by atoms with Gasteiger partial charge in [-0.1, -0.05) is 24.3 Å². The monoisotopic (exact) mass is 436 g/mol. The first-order valence-corrected chi connectivity index (χ1v) is 11.1. The first kappa shape index (κ1) is 20.9. The highest BCUT2D eigenvalue weighted by Crippen LogP contribution is 2.32. The Bertz CT molecular complexity index is 1210. The van der Waals surface area contributed by atoms with Crippen molar-refractivity contribution in [3.63, 3.8) is 0 Å². The van der Waals surface area contributed by atoms with Crippen LogP contribution in [-0.4, -0.2) is 21.8 Å². The number of aryl methyl sites for hydroxylation is 2. The van der Waals surface area contributed by atoms with Gasteiger partial charge in [-0.25, -0.2) is 4.39 Å². The standard InChI is InChI=1S/C24H21FN2O3S/c1-15-3-4-16(2)20(11-15)26-24(29)18-7-10-22-21(12-18)27(23(28)14-31(22)30)13-17-5-8-19(25)9-6-17/h3-12H,13-14H2,1-2H3,(H,26,29)/t31-/m0/s1. The average Bonchev–Trinajstić information content (AvgIpc) is 2.74. The van der Waals surface area contributed by atoms with E-state index in [4.69, 9.17) is 0 Å². The molecule has 1 aliphatic heterocycles. The van der Waals surface area contributed by atoms with E-state index in [0.717, 1.165) is 16.7 Å². The highest BCUT2D eigenvalue weighted by atomic mass is 32.2. The number of nitrogens with one attached hydrogen (secondary N) is 1. The minimum Gasteiger partial charge on any atom is -0.322 e. The second kappa shape index (κ2) is 8.43. The summed E-state index contributed by atoms with van der Waals surface area (Å²) >= 11 is 0. The number of rotatable bonds is 4. The Labute approximate surface area is 182 Å². The third-order valence-corrected chi connectivity index (χ3v) is 6.55. The maximum absolute atomic E-state index is 13.2. The molecular formula is C24H21FN2O3S. The lowest BCUT2D eigenvalue weighted by molar-refractivity contribution is -0.116. The number of anilines is 2. The zero-order valence-corrected chi connectivity index (χ0v) is 18.0. The van der Waals surface area contributed by atoms with Gasteiger partial charge in [0.25, 0.3) is 5.91 Å². The summed E-state index contributed by atoms with van der Waals surface area (Å²) in [5, 5.41) is 2.91. The number of halogens is 1. The largest absolute Gasteiger partial charge is 0.322 e. The lowest BCUT2D eigenvalue weighted by atomic mass is 10.1. The van der Waals surface area contributed by atoms with Crippen molar-refractivity contribution in [1.82, 2.24) is 0 Å². The lowest BCUT2D eigenvalue weighted by Crippen LogP contribution is -2.38. The van der Waals surface area contributed by atoms with Gasteiger partial charge < -0.3 is 10.2 Å². The number of carbonyl (C=O) groups is 2. The second-order valence-corrected chi connectivity index (χ2v) is 8.97. The predicted molar refractivity (Wildman–Crippen MR) is 119 cm³/mol. The van der Waals surface area contributed by atoms with E-state index in [9.17, 15) is 18.2 Å². The number of carbonyl (C=O) groups excluding carboxylic acids is 2. The molecule has 0 saturated heterocycles. The minimum absolute atomic E-state index is 0.123. The van der Waals surface area contributed by atoms with E-state index in [1.165, 1.54) is 17.0 Å². The van der Waals surface area contributed by atoms with Gasteiger partial charge in [-0.05, 0) is 66.9 Å². The van der Waals surface area contributed by atoms with Gasteiger partial charge in [0, 0.05) is 11.3 Å². The molecule has 0 aliphatic carbocycles. The molecule has 1 N–H and O–H groups in total. The minimum atomic E-state index is -1.48. The number of hydrogen-bond acceptors (Lipinski definition) is 3. The van der Waals surface area contributed by atoms with Crippen LogP contribution in [-0.2, 0) is 22.1 Å². The summed E-state index contributed by atoms with van der Waals surface area (Å²) in [6.45, 7) is 4.06. The van der Waals surface area contributed by atoms with E-state index >= 15 is 0 Å². The van der Waals surface area contributed by atoms with Gasteiger partial charge in [-0.2, -0.15) is 0 Å². The van der Waals surface area contributed by atoms with Crippen molar-refractivity contribution in [2.45, 2.75) is 25.3 Å². The first-order valence-electron chi connectivity index (χ1n) is 9.77. The molecule has 0 bridgehead atoms. The van der Waals surface area contributed by atoms with E-state index < -0.39 is 10.8 Å². The van der Waals surface area contributed by atoms with Crippen molar-refractivity contribution in [3.05, 3.63) is 88.7 Å². The molecule has 0 saturated carbocycles. The molecule has 0 aromatic heterocycles. The number of amides is 2. The molecule has 3 aromatic carbocycles. The highest BCUT2D eigenvalue weighted by molar-refractivity contribution is 7.86. The SMILES string of the molecule is Cc1ccc(C)c(NC(=O)c2ccc3c(c2)N(Cc2ccc(F)cc2)C(=O)C[S@@]3=O)c1. The van der Waals surface area contributed by atoms with Gasteiger partial charge in [0.05, 0.1) is 27.9 Å². The number of fused-ring (bicyclic) bond motifs is 1. The maximum Gasteiger partial charge on any atom is 0.255 e. The molecule has 0 radical (unpaired) electrons. The Hall–Kier alpha value is -3.32. The van der Waals surface area contributed by atoms with Gasteiger partial charge in [0.2, 0.25) is 5.91 Å². The molecule has 0 unspecified atom stereocenters. The summed E-state index contributed by atoms with van der Waals surface area (Å²) in [6.07, 6.45) is 0. The fourth-order valence-corrected chi connectivity index (χ4v) is 4.63. The molecule has 1 aliphatic rings. The van der Waals surface area contributed by atoms with Crippen LogP contribution in [0.15, 0.2) is 65.6 Å². The molecule has 158 valence electrons. The van der Waals surface area contributed by atoms with E-state index in [2.05, 4.69) is 5.32 Å². The van der Waals surface area contributed by atoms with Gasteiger partial charge in [0.1, 0.15) is 11.6 Å². The average molecular weight is 437 g/mol. The molecule has 3 aromatic rings. The van der Waals surface area contributed by atoms with Crippen LogP contribution in [0.3, 0.4) is 0 Å². The zero-order valence-electron chi connectivity index (χ0n) is 17.1. The fourth-order valence-electron chi connectivity index (χ4n) is 3.47. The second-order valence-electron chi connectivity index (χ2n) is 7.55. The Morgan fingerprint density at radius 2 is 1.81 bits per heavy atom. The molecule has 0 fully saturated rings. The quantitative estimate of drug-likeness (QED) is 0.661. The number of nitrogens with zero attached hydrogens (tertiary/aromatic N) is 1. The molecule has 7 heteroatoms. The molecule has 4 rings (SSSR count). The fraction of sp³-hybridized carbons (Fsp3) is 0.167. The third-order valence-electron chi connectivity index (χ3n) is 5.21. The smallest absolute Gasteiger partial charge is 0.255 e. The molecule has 1 atom stereocenters. The Kier molecular flexibility index (Phi) is 5.69. The van der Waals surface area contributed by atoms with Crippen LogP contribution in [0.5, 0.6) is 0 Å². The van der Waals surface area contributed by atoms with Crippen molar-refractivity contribution in [3.8, 4) is 0 Å². The van der Waals surface area contributed by atoms with Crippen molar-refractivity contribution in [1.29, 1.82) is 0 Å². The van der Waals surface area contributed by atoms with Gasteiger partial charge >= 0.3 is 0 Å². The molecule has 0 spiro atoms. The van der Waals surface area contributed by atoms with Gasteiger partial charge in [-0.15, -0.1) is 0 Å². The summed E-state index contributed by atoms with van der Waals surface area (Å²) in [4.78, 5) is 27.6. The number of hydrogen-bond donors (Lipinski definition) is 1. The normalized spacial score (nSPS) is 15.5. The van der Waals surface area contributed by atoms with Crippen LogP contribution in [0, 0.1) is 19.7 Å². The van der Waals surface area contributed by atoms with Gasteiger partial charge in [0.15, 0.2) is 0 Å². The first-order chi connectivity index (χ1) is 14.8. The Morgan fingerprint density at radius 1 is 1.06 bits per heavy atom. The van der Waals surface area contributed by atoms with Crippen LogP contribution in [0.4, 0.5) is 15.8 Å². The summed E-state index contributed by atoms with van der Waals surface area (Å²) in [7, 11) is -1.48. The summed E-state index contributed by atoms with van der Waals surface area (Å²) in [6, 6.07) is 16.5. The van der Waals surface area contributed by atoms with Gasteiger partial charge in [-0.3, -0.25) is 13.8 Å². The molecule has 2 amide bonds. The predicted octanol–water partition coefficient (Wildman–Crippen LogP) is 4.35. The zero-order chi connectivity index (χ0) is 22.1. The van der Waals surface area contributed by atoms with E-state index in [-0.39, 0.29) is 29.9 Å². The van der Waals surface area contributed by atoms with Crippen molar-refractivity contribution in [2.24, 2.45) is 0 Å². The lowest BCUT2D eigenvalue weighted by Gasteiger charge is -2.29. The molecule has 1 heterocycles. The summed E-state index contributed by atoms with van der Waals surface area (Å²) < 4.78 is 25.7. The van der Waals surface area contributed by atoms with Crippen LogP contribution < -0.4 is 10.2 Å². The van der Waals surface area contributed by atoms with Crippen LogP contribution in [0.1, 0.15) is 27.0 Å². The number of benzene rings is 3. The van der Waals surface area contributed by atoms with Crippen LogP contribution in [0.2, 0.25) is 0 Å². The van der Waals surface area contributed by atoms with Crippen molar-refractivity contribution in [2.75, 3.05) is 16.0 Å². The van der Waals surface area contributed by atoms with E-state index in [0.29, 0.717) is 21.8 Å². The maximum atomic E-state index is 13.2. The molecular weight excluding hydrogens is 415 g/mol. The third kappa shape index (κ3) is 4.41. The van der Waals surface area contributed by atoms with Crippen LogP contribution in [0.25, 0.3) is 0 Å². The molecule has 31 heavy (non-hydrogen) atoms. The summed E-state index contributed by atoms with van der Waals surface area (Å²) in [5.41, 5.74) is 4.20. The van der Waals surface area contributed by atoms with E-state index in [1.807, 2.05) is 32.0 Å². The van der Waals surface area contributed by atoms with Crippen molar-refractivity contribution >= 4 is 34.0 Å². The summed E-state index contributed by atoms with van der Waals surface area (Å²) in [5.74, 6) is -1.10. The Balaban J connectivity index is 1.67.